The minimum absolute atomic E-state index is 0.147. The third kappa shape index (κ3) is 5.58. The number of rotatable bonds is 8. The van der Waals surface area contributed by atoms with Gasteiger partial charge in [0.15, 0.2) is 11.0 Å². The van der Waals surface area contributed by atoms with Crippen molar-refractivity contribution in [3.05, 3.63) is 82.7 Å². The van der Waals surface area contributed by atoms with E-state index in [0.29, 0.717) is 39.6 Å². The summed E-state index contributed by atoms with van der Waals surface area (Å²) in [5, 5.41) is 9.40. The second kappa shape index (κ2) is 9.57. The first kappa shape index (κ1) is 22.2. The summed E-state index contributed by atoms with van der Waals surface area (Å²) >= 11 is 7.46. The molecule has 9 heteroatoms. The zero-order valence-corrected chi connectivity index (χ0v) is 17.7. The molecule has 158 valence electrons. The van der Waals surface area contributed by atoms with Crippen LogP contribution >= 0.6 is 23.4 Å². The van der Waals surface area contributed by atoms with Crippen molar-refractivity contribution in [2.45, 2.75) is 37.2 Å². The van der Waals surface area contributed by atoms with Crippen molar-refractivity contribution in [1.29, 1.82) is 0 Å². The molecule has 0 aliphatic carbocycles. The van der Waals surface area contributed by atoms with Crippen molar-refractivity contribution in [3.63, 3.8) is 0 Å². The zero-order chi connectivity index (χ0) is 21.7. The van der Waals surface area contributed by atoms with Crippen LogP contribution < -0.4 is 4.74 Å². The van der Waals surface area contributed by atoms with Crippen molar-refractivity contribution < 1.29 is 17.9 Å². The predicted octanol–water partition coefficient (Wildman–Crippen LogP) is 6.32. The Balaban J connectivity index is 1.73. The number of aromatic nitrogens is 3. The van der Waals surface area contributed by atoms with E-state index in [1.54, 1.807) is 18.2 Å². The summed E-state index contributed by atoms with van der Waals surface area (Å²) in [4.78, 5) is 0. The summed E-state index contributed by atoms with van der Waals surface area (Å²) in [5.41, 5.74) is 0.892. The van der Waals surface area contributed by atoms with Crippen LogP contribution in [0.3, 0.4) is 0 Å². The molecule has 3 aromatic rings. The van der Waals surface area contributed by atoms with Gasteiger partial charge < -0.3 is 4.74 Å². The van der Waals surface area contributed by atoms with Gasteiger partial charge in [-0.2, -0.15) is 13.2 Å². The number of allylic oxidation sites excluding steroid dienone is 1. The molecule has 30 heavy (non-hydrogen) atoms. The molecule has 0 fully saturated rings. The van der Waals surface area contributed by atoms with Crippen LogP contribution in [0.15, 0.2) is 60.3 Å². The molecule has 0 saturated heterocycles. The van der Waals surface area contributed by atoms with Crippen molar-refractivity contribution in [1.82, 2.24) is 14.8 Å². The maximum atomic E-state index is 12.9. The second-order valence-electron chi connectivity index (χ2n) is 6.51. The molecule has 0 atom stereocenters. The molecule has 0 radical (unpaired) electrons. The van der Waals surface area contributed by atoms with Crippen LogP contribution in [0, 0.1) is 6.92 Å². The molecular weight excluding hydrogens is 435 g/mol. The molecule has 0 aliphatic rings. The highest BCUT2D eigenvalue weighted by Crippen LogP contribution is 2.31. The molecule has 3 rings (SSSR count). The number of hydrogen-bond acceptors (Lipinski definition) is 4. The second-order valence-corrected chi connectivity index (χ2v) is 7.86. The van der Waals surface area contributed by atoms with Gasteiger partial charge in [-0.05, 0) is 36.2 Å². The van der Waals surface area contributed by atoms with Crippen LogP contribution in [0.1, 0.15) is 22.5 Å². The average molecular weight is 454 g/mol. The van der Waals surface area contributed by atoms with E-state index in [1.807, 2.05) is 23.6 Å². The van der Waals surface area contributed by atoms with Crippen LogP contribution in [0.25, 0.3) is 0 Å². The number of nitrogens with zero attached hydrogens (tertiary/aromatic N) is 3. The fraction of sp³-hybridized carbons (Fsp3) is 0.238. The van der Waals surface area contributed by atoms with Crippen molar-refractivity contribution >= 4 is 23.4 Å². The van der Waals surface area contributed by atoms with E-state index >= 15 is 0 Å². The lowest BCUT2D eigenvalue weighted by Gasteiger charge is -2.11. The van der Waals surface area contributed by atoms with E-state index < -0.39 is 11.7 Å². The third-order valence-corrected chi connectivity index (χ3v) is 5.52. The summed E-state index contributed by atoms with van der Waals surface area (Å²) in [5.74, 6) is 1.44. The molecule has 4 nitrogen and oxygen atoms in total. The number of ether oxygens (including phenoxy) is 1. The summed E-state index contributed by atoms with van der Waals surface area (Å²) < 4.78 is 46.3. The van der Waals surface area contributed by atoms with E-state index in [4.69, 9.17) is 16.3 Å². The lowest BCUT2D eigenvalue weighted by molar-refractivity contribution is -0.137. The van der Waals surface area contributed by atoms with E-state index in [0.717, 1.165) is 17.7 Å². The molecule has 0 spiro atoms. The van der Waals surface area contributed by atoms with Crippen LogP contribution in [-0.2, 0) is 25.1 Å². The minimum Gasteiger partial charge on any atom is -0.484 e. The Morgan fingerprint density at radius 1 is 1.20 bits per heavy atom. The maximum Gasteiger partial charge on any atom is 0.416 e. The first-order valence-corrected chi connectivity index (χ1v) is 10.3. The molecule has 0 aliphatic heterocycles. The summed E-state index contributed by atoms with van der Waals surface area (Å²) in [6.45, 7) is 6.27. The first-order valence-electron chi connectivity index (χ1n) is 8.99. The Bertz CT molecular complexity index is 1040. The van der Waals surface area contributed by atoms with E-state index in [9.17, 15) is 13.2 Å². The SMILES string of the molecule is C=CCn1c(COc2cc(C)ccc2Cl)nnc1SCc1cccc(C(F)(F)F)c1. The Labute approximate surface area is 181 Å². The molecule has 0 unspecified atom stereocenters. The molecule has 0 amide bonds. The van der Waals surface area contributed by atoms with Gasteiger partial charge in [0.05, 0.1) is 10.6 Å². The monoisotopic (exact) mass is 453 g/mol. The lowest BCUT2D eigenvalue weighted by atomic mass is 10.1. The van der Waals surface area contributed by atoms with Gasteiger partial charge in [-0.15, -0.1) is 16.8 Å². The molecular formula is C21H19ClF3N3OS. The topological polar surface area (TPSA) is 39.9 Å². The van der Waals surface area contributed by atoms with E-state index in [-0.39, 0.29) is 6.61 Å². The summed E-state index contributed by atoms with van der Waals surface area (Å²) in [6, 6.07) is 10.7. The Hall–Kier alpha value is -2.45. The Kier molecular flexibility index (Phi) is 7.10. The van der Waals surface area contributed by atoms with E-state index in [2.05, 4.69) is 16.8 Å². The first-order chi connectivity index (χ1) is 14.3. The van der Waals surface area contributed by atoms with Crippen LogP contribution in [0.4, 0.5) is 13.2 Å². The fourth-order valence-corrected chi connectivity index (χ4v) is 3.78. The molecule has 0 saturated carbocycles. The summed E-state index contributed by atoms with van der Waals surface area (Å²) in [7, 11) is 0. The van der Waals surface area contributed by atoms with Gasteiger partial charge in [0.1, 0.15) is 12.4 Å². The van der Waals surface area contributed by atoms with Gasteiger partial charge in [0.25, 0.3) is 0 Å². The van der Waals surface area contributed by atoms with Gasteiger partial charge in [-0.1, -0.05) is 53.7 Å². The van der Waals surface area contributed by atoms with Crippen LogP contribution in [0.2, 0.25) is 5.02 Å². The number of halogens is 4. The molecule has 1 heterocycles. The predicted molar refractivity (Wildman–Crippen MR) is 112 cm³/mol. The normalized spacial score (nSPS) is 11.5. The largest absolute Gasteiger partial charge is 0.484 e. The zero-order valence-electron chi connectivity index (χ0n) is 16.1. The maximum absolute atomic E-state index is 12.9. The van der Waals surface area contributed by atoms with Crippen molar-refractivity contribution in [2.75, 3.05) is 0 Å². The quantitative estimate of drug-likeness (QED) is 0.296. The molecule has 0 bridgehead atoms. The molecule has 0 N–H and O–H groups in total. The standard InChI is InChI=1S/C21H19ClF3N3OS/c1-3-9-28-19(12-29-18-10-14(2)7-8-17(18)22)26-27-20(28)30-13-15-5-4-6-16(11-15)21(23,24)25/h3-8,10-11H,1,9,12-13H2,2H3. The molecule has 2 aromatic carbocycles. The Morgan fingerprint density at radius 2 is 2.00 bits per heavy atom. The van der Waals surface area contributed by atoms with Gasteiger partial charge in [-0.3, -0.25) is 4.57 Å². The average Bonchev–Trinajstić information content (AvgIpc) is 3.08. The van der Waals surface area contributed by atoms with E-state index in [1.165, 1.54) is 17.8 Å². The van der Waals surface area contributed by atoms with Gasteiger partial charge >= 0.3 is 6.18 Å². The highest BCUT2D eigenvalue weighted by atomic mass is 35.5. The van der Waals surface area contributed by atoms with Crippen LogP contribution in [0.5, 0.6) is 5.75 Å². The minimum atomic E-state index is -4.37. The number of hydrogen-bond donors (Lipinski definition) is 0. The Morgan fingerprint density at radius 3 is 2.73 bits per heavy atom. The number of thioether (sulfide) groups is 1. The highest BCUT2D eigenvalue weighted by Gasteiger charge is 2.30. The highest BCUT2D eigenvalue weighted by molar-refractivity contribution is 7.98. The van der Waals surface area contributed by atoms with Gasteiger partial charge in [-0.25, -0.2) is 0 Å². The number of benzene rings is 2. The smallest absolute Gasteiger partial charge is 0.416 e. The van der Waals surface area contributed by atoms with Crippen LogP contribution in [-0.4, -0.2) is 14.8 Å². The third-order valence-electron chi connectivity index (χ3n) is 4.17. The summed E-state index contributed by atoms with van der Waals surface area (Å²) in [6.07, 6.45) is -2.67. The van der Waals surface area contributed by atoms with Crippen molar-refractivity contribution in [2.24, 2.45) is 0 Å². The van der Waals surface area contributed by atoms with Crippen molar-refractivity contribution in [3.8, 4) is 5.75 Å². The van der Waals surface area contributed by atoms with Gasteiger partial charge in [0.2, 0.25) is 0 Å². The number of aryl methyl sites for hydroxylation is 1. The fourth-order valence-electron chi connectivity index (χ4n) is 2.69. The molecule has 1 aromatic heterocycles. The van der Waals surface area contributed by atoms with Gasteiger partial charge in [0, 0.05) is 12.3 Å². The lowest BCUT2D eigenvalue weighted by Crippen LogP contribution is -2.08. The number of alkyl halides is 3.